The zero-order valence-corrected chi connectivity index (χ0v) is 25.0. The Balaban J connectivity index is 1.25. The van der Waals surface area contributed by atoms with Gasteiger partial charge in [-0.05, 0) is 67.1 Å². The van der Waals surface area contributed by atoms with Crippen molar-refractivity contribution >= 4 is 11.9 Å². The third-order valence-corrected chi connectivity index (χ3v) is 8.27. The Morgan fingerprint density at radius 2 is 1.20 bits per heavy atom. The summed E-state index contributed by atoms with van der Waals surface area (Å²) in [4.78, 5) is 24.9. The first-order valence-electron chi connectivity index (χ1n) is 16.2. The fourth-order valence-corrected chi connectivity index (χ4v) is 5.71. The maximum Gasteiger partial charge on any atom is 0.343 e. The van der Waals surface area contributed by atoms with Crippen molar-refractivity contribution in [3.63, 3.8) is 0 Å². The number of hydrogen-bond acceptors (Lipinski definition) is 4. The minimum absolute atomic E-state index is 0.328. The van der Waals surface area contributed by atoms with E-state index < -0.39 is 5.97 Å². The summed E-state index contributed by atoms with van der Waals surface area (Å²) in [5.41, 5.74) is 2.25. The van der Waals surface area contributed by atoms with Crippen LogP contribution in [-0.4, -0.2) is 18.5 Å². The van der Waals surface area contributed by atoms with Crippen LogP contribution in [0, 0.1) is 5.92 Å². The molecule has 0 bridgehead atoms. The second-order valence-electron chi connectivity index (χ2n) is 11.7. The van der Waals surface area contributed by atoms with E-state index >= 15 is 0 Å². The van der Waals surface area contributed by atoms with E-state index in [1.165, 1.54) is 108 Å². The molecule has 0 unspecified atom stereocenters. The molecule has 4 nitrogen and oxygen atoms in total. The fourth-order valence-electron chi connectivity index (χ4n) is 5.71. The summed E-state index contributed by atoms with van der Waals surface area (Å²) in [6.07, 6.45) is 24.5. The smallest absolute Gasteiger partial charge is 0.343 e. The Labute approximate surface area is 243 Å². The average Bonchev–Trinajstić information content (AvgIpc) is 3.50. The summed E-state index contributed by atoms with van der Waals surface area (Å²) < 4.78 is 10.9. The minimum atomic E-state index is -0.392. The van der Waals surface area contributed by atoms with Crippen LogP contribution in [0.5, 0.6) is 5.75 Å². The summed E-state index contributed by atoms with van der Waals surface area (Å²) in [5.74, 6) is 0.700. The number of hydrogen-bond donors (Lipinski definition) is 0. The van der Waals surface area contributed by atoms with Gasteiger partial charge in [-0.15, -0.1) is 0 Å². The van der Waals surface area contributed by atoms with E-state index in [9.17, 15) is 9.59 Å². The van der Waals surface area contributed by atoms with Gasteiger partial charge in [-0.3, -0.25) is 0 Å². The molecule has 2 aromatic rings. The Hall–Kier alpha value is -2.62. The Morgan fingerprint density at radius 1 is 0.650 bits per heavy atom. The molecule has 0 aromatic heterocycles. The zero-order valence-electron chi connectivity index (χ0n) is 25.0. The zero-order chi connectivity index (χ0) is 28.3. The molecule has 0 radical (unpaired) electrons. The number of unbranched alkanes of at least 4 members (excludes halogenated alkanes) is 11. The number of rotatable bonds is 20. The van der Waals surface area contributed by atoms with Gasteiger partial charge >= 0.3 is 11.9 Å². The quantitative estimate of drug-likeness (QED) is 0.0938. The molecule has 1 aliphatic carbocycles. The van der Waals surface area contributed by atoms with Crippen molar-refractivity contribution in [1.82, 2.24) is 0 Å². The topological polar surface area (TPSA) is 52.6 Å². The third-order valence-electron chi connectivity index (χ3n) is 8.27. The largest absolute Gasteiger partial charge is 0.462 e. The number of benzene rings is 2. The van der Waals surface area contributed by atoms with Crippen molar-refractivity contribution in [3.8, 4) is 5.75 Å². The normalized spacial score (nSPS) is 13.4. The van der Waals surface area contributed by atoms with Crippen LogP contribution in [0.2, 0.25) is 0 Å². The monoisotopic (exact) mass is 548 g/mol. The number of carbonyl (C=O) groups excluding carboxylic acids is 2. The first kappa shape index (κ1) is 31.9. The van der Waals surface area contributed by atoms with E-state index in [-0.39, 0.29) is 5.97 Å². The van der Waals surface area contributed by atoms with E-state index in [4.69, 9.17) is 9.47 Å². The lowest BCUT2D eigenvalue weighted by Gasteiger charge is -2.08. The van der Waals surface area contributed by atoms with E-state index in [1.807, 2.05) is 24.3 Å². The molecular formula is C36H52O4. The van der Waals surface area contributed by atoms with E-state index in [1.54, 1.807) is 24.3 Å². The molecule has 0 saturated heterocycles. The van der Waals surface area contributed by atoms with Crippen LogP contribution in [0.4, 0.5) is 0 Å². The first-order chi connectivity index (χ1) is 19.7. The minimum Gasteiger partial charge on any atom is -0.462 e. The van der Waals surface area contributed by atoms with Gasteiger partial charge in [-0.2, -0.15) is 0 Å². The molecule has 0 N–H and O–H groups in total. The summed E-state index contributed by atoms with van der Waals surface area (Å²) in [7, 11) is 0. The maximum absolute atomic E-state index is 12.6. The van der Waals surface area contributed by atoms with Gasteiger partial charge in [0.15, 0.2) is 0 Å². The number of carbonyl (C=O) groups is 2. The van der Waals surface area contributed by atoms with Crippen molar-refractivity contribution in [1.29, 1.82) is 0 Å². The molecule has 0 amide bonds. The molecule has 0 atom stereocenters. The van der Waals surface area contributed by atoms with E-state index in [0.717, 1.165) is 25.2 Å². The molecule has 1 saturated carbocycles. The van der Waals surface area contributed by atoms with Crippen LogP contribution in [0.25, 0.3) is 0 Å². The Kier molecular flexibility index (Phi) is 15.5. The predicted molar refractivity (Wildman–Crippen MR) is 164 cm³/mol. The second kappa shape index (κ2) is 19.5. The second-order valence-corrected chi connectivity index (χ2v) is 11.7. The van der Waals surface area contributed by atoms with Gasteiger partial charge in [0.1, 0.15) is 5.75 Å². The van der Waals surface area contributed by atoms with Crippen molar-refractivity contribution in [3.05, 3.63) is 65.2 Å². The van der Waals surface area contributed by atoms with Gasteiger partial charge in [0.2, 0.25) is 0 Å². The van der Waals surface area contributed by atoms with Gasteiger partial charge in [0.05, 0.1) is 17.7 Å². The van der Waals surface area contributed by atoms with E-state index in [0.29, 0.717) is 23.5 Å². The maximum atomic E-state index is 12.6. The molecule has 4 heteroatoms. The molecular weight excluding hydrogens is 496 g/mol. The van der Waals surface area contributed by atoms with Gasteiger partial charge in [-0.1, -0.05) is 122 Å². The van der Waals surface area contributed by atoms with Crippen molar-refractivity contribution in [2.24, 2.45) is 5.92 Å². The average molecular weight is 549 g/mol. The molecule has 0 spiro atoms. The summed E-state index contributed by atoms with van der Waals surface area (Å²) in [5, 5.41) is 0. The molecule has 3 rings (SSSR count). The molecule has 0 aliphatic heterocycles. The van der Waals surface area contributed by atoms with Crippen LogP contribution in [0.15, 0.2) is 48.5 Å². The van der Waals surface area contributed by atoms with Crippen LogP contribution < -0.4 is 4.74 Å². The van der Waals surface area contributed by atoms with Crippen molar-refractivity contribution < 1.29 is 19.1 Å². The lowest BCUT2D eigenvalue weighted by Crippen LogP contribution is -2.09. The molecule has 1 aliphatic rings. The SMILES string of the molecule is CCCCCCCCCc1ccc(C(=O)Oc2ccc(C(=O)OCCCCCCCCC3CCCC3)cc2)cc1. The molecule has 0 heterocycles. The molecule has 40 heavy (non-hydrogen) atoms. The molecule has 220 valence electrons. The van der Waals surface area contributed by atoms with Crippen LogP contribution in [-0.2, 0) is 11.2 Å². The van der Waals surface area contributed by atoms with Gasteiger partial charge in [0, 0.05) is 0 Å². The van der Waals surface area contributed by atoms with Crippen LogP contribution in [0.1, 0.15) is 149 Å². The van der Waals surface area contributed by atoms with Crippen molar-refractivity contribution in [2.45, 2.75) is 129 Å². The highest BCUT2D eigenvalue weighted by atomic mass is 16.5. The van der Waals surface area contributed by atoms with Crippen LogP contribution in [0.3, 0.4) is 0 Å². The molecule has 2 aromatic carbocycles. The third kappa shape index (κ3) is 12.7. The summed E-state index contributed by atoms with van der Waals surface area (Å²) in [6, 6.07) is 14.3. The fraction of sp³-hybridized carbons (Fsp3) is 0.611. The number of esters is 2. The summed E-state index contributed by atoms with van der Waals surface area (Å²) in [6.45, 7) is 2.70. The van der Waals surface area contributed by atoms with E-state index in [2.05, 4.69) is 6.92 Å². The Morgan fingerprint density at radius 3 is 1.88 bits per heavy atom. The lowest BCUT2D eigenvalue weighted by atomic mass is 9.99. The van der Waals surface area contributed by atoms with Gasteiger partial charge < -0.3 is 9.47 Å². The standard InChI is InChI=1S/C36H52O4/c1-2-3-4-5-6-9-13-18-31-21-23-33(24-22-31)36(38)40-34-27-25-32(26-28-34)35(37)39-29-16-11-8-7-10-12-17-30-19-14-15-20-30/h21-28,30H,2-20,29H2,1H3. The van der Waals surface area contributed by atoms with Crippen LogP contribution >= 0.6 is 0 Å². The predicted octanol–water partition coefficient (Wildman–Crippen LogP) is 10.3. The first-order valence-corrected chi connectivity index (χ1v) is 16.2. The lowest BCUT2D eigenvalue weighted by molar-refractivity contribution is 0.0497. The Bertz CT molecular complexity index is 957. The highest BCUT2D eigenvalue weighted by Crippen LogP contribution is 2.29. The molecule has 1 fully saturated rings. The number of ether oxygens (including phenoxy) is 2. The van der Waals surface area contributed by atoms with Gasteiger partial charge in [0.25, 0.3) is 0 Å². The highest BCUT2D eigenvalue weighted by molar-refractivity contribution is 5.92. The van der Waals surface area contributed by atoms with Gasteiger partial charge in [-0.25, -0.2) is 9.59 Å². The highest BCUT2D eigenvalue weighted by Gasteiger charge is 2.14. The summed E-state index contributed by atoms with van der Waals surface area (Å²) >= 11 is 0. The van der Waals surface area contributed by atoms with Crippen molar-refractivity contribution in [2.75, 3.05) is 6.61 Å². The number of aryl methyl sites for hydroxylation is 1.